The molecule has 3 N–H and O–H groups in total. The summed E-state index contributed by atoms with van der Waals surface area (Å²) in [7, 11) is 0. The number of nitrogen functional groups attached to an aromatic ring is 1. The van der Waals surface area contributed by atoms with E-state index in [-0.39, 0.29) is 24.1 Å². The van der Waals surface area contributed by atoms with Gasteiger partial charge in [0.15, 0.2) is 0 Å². The van der Waals surface area contributed by atoms with Crippen LogP contribution in [-0.2, 0) is 6.61 Å². The number of hydrogen-bond acceptors (Lipinski definition) is 5. The van der Waals surface area contributed by atoms with E-state index in [1.807, 2.05) is 37.3 Å². The van der Waals surface area contributed by atoms with Crippen molar-refractivity contribution in [3.63, 3.8) is 0 Å². The van der Waals surface area contributed by atoms with E-state index < -0.39 is 0 Å². The number of nitrogens with two attached hydrogens (primary N) is 1. The van der Waals surface area contributed by atoms with Crippen LogP contribution in [0.25, 0.3) is 22.4 Å². The Morgan fingerprint density at radius 2 is 1.70 bits per heavy atom. The molecule has 1 aromatic heterocycles. The molecule has 0 aliphatic heterocycles. The first-order valence-corrected chi connectivity index (χ1v) is 9.42. The number of aromatic hydroxyl groups is 1. The molecule has 4 rings (SSSR count). The quantitative estimate of drug-likeness (QED) is 0.485. The van der Waals surface area contributed by atoms with Crippen LogP contribution in [0.3, 0.4) is 0 Å². The maximum atomic E-state index is 13.8. The van der Waals surface area contributed by atoms with Gasteiger partial charge in [-0.1, -0.05) is 48.5 Å². The monoisotopic (exact) mass is 401 g/mol. The Hall–Kier alpha value is -3.93. The summed E-state index contributed by atoms with van der Waals surface area (Å²) in [5.74, 6) is 0.189. The van der Waals surface area contributed by atoms with Crippen LogP contribution in [0.15, 0.2) is 72.8 Å². The normalized spacial score (nSPS) is 10.7. The minimum absolute atomic E-state index is 0.0179. The van der Waals surface area contributed by atoms with Gasteiger partial charge in [-0.05, 0) is 30.7 Å². The highest BCUT2D eigenvalue weighted by Gasteiger charge is 2.18. The average Bonchev–Trinajstić information content (AvgIpc) is 2.73. The van der Waals surface area contributed by atoms with E-state index in [1.54, 1.807) is 30.3 Å². The van der Waals surface area contributed by atoms with E-state index in [0.29, 0.717) is 28.3 Å². The smallest absolute Gasteiger partial charge is 0.220 e. The molecule has 0 saturated heterocycles. The Labute approximate surface area is 173 Å². The molecule has 0 amide bonds. The van der Waals surface area contributed by atoms with Gasteiger partial charge in [-0.2, -0.15) is 0 Å². The number of phenolic OH excluding ortho intramolecular Hbond substituents is 1. The van der Waals surface area contributed by atoms with E-state index in [1.165, 1.54) is 12.1 Å². The highest BCUT2D eigenvalue weighted by Crippen LogP contribution is 2.38. The van der Waals surface area contributed by atoms with E-state index in [2.05, 4.69) is 9.97 Å². The zero-order valence-corrected chi connectivity index (χ0v) is 16.3. The van der Waals surface area contributed by atoms with Gasteiger partial charge in [-0.3, -0.25) is 0 Å². The molecule has 6 heteroatoms. The molecule has 0 radical (unpaired) electrons. The molecule has 0 saturated carbocycles. The third-order valence-electron chi connectivity index (χ3n) is 4.75. The minimum atomic E-state index is -0.335. The Morgan fingerprint density at radius 3 is 2.43 bits per heavy atom. The molecule has 150 valence electrons. The third-order valence-corrected chi connectivity index (χ3v) is 4.75. The lowest BCUT2D eigenvalue weighted by atomic mass is 9.97. The molecule has 0 fully saturated rings. The molecule has 0 atom stereocenters. The van der Waals surface area contributed by atoms with Crippen molar-refractivity contribution in [3.8, 4) is 33.9 Å². The Morgan fingerprint density at radius 1 is 0.967 bits per heavy atom. The summed E-state index contributed by atoms with van der Waals surface area (Å²) in [5, 5.41) is 10.7. The highest BCUT2D eigenvalue weighted by molar-refractivity contribution is 5.85. The van der Waals surface area contributed by atoms with Crippen molar-refractivity contribution in [2.24, 2.45) is 0 Å². The van der Waals surface area contributed by atoms with Gasteiger partial charge in [0.2, 0.25) is 5.95 Å². The molecule has 30 heavy (non-hydrogen) atoms. The van der Waals surface area contributed by atoms with Crippen molar-refractivity contribution < 1.29 is 14.2 Å². The molecule has 4 aromatic rings. The van der Waals surface area contributed by atoms with Gasteiger partial charge in [0.05, 0.1) is 11.4 Å². The van der Waals surface area contributed by atoms with Gasteiger partial charge in [-0.15, -0.1) is 0 Å². The van der Waals surface area contributed by atoms with Crippen LogP contribution in [0.2, 0.25) is 0 Å². The van der Waals surface area contributed by atoms with Gasteiger partial charge in [0, 0.05) is 22.8 Å². The Balaban J connectivity index is 1.69. The van der Waals surface area contributed by atoms with Gasteiger partial charge < -0.3 is 15.6 Å². The molecule has 0 aliphatic rings. The standard InChI is InChI=1S/C24H20FN3O2/c1-15-22(16-7-3-2-4-8-16)23(28-24(26)27-15)19-12-11-18(13-21(19)29)30-14-17-9-5-6-10-20(17)25/h2-13,29H,14H2,1H3,(H2,26,27,28). The summed E-state index contributed by atoms with van der Waals surface area (Å²) in [6, 6.07) is 21.0. The number of nitrogens with zero attached hydrogens (tertiary/aromatic N) is 2. The number of anilines is 1. The minimum Gasteiger partial charge on any atom is -0.507 e. The fourth-order valence-corrected chi connectivity index (χ4v) is 3.32. The summed E-state index contributed by atoms with van der Waals surface area (Å²) in [4.78, 5) is 8.67. The SMILES string of the molecule is Cc1nc(N)nc(-c2ccc(OCc3ccccc3F)cc2O)c1-c1ccccc1. The summed E-state index contributed by atoms with van der Waals surface area (Å²) in [5.41, 5.74) is 9.78. The number of benzene rings is 3. The molecular weight excluding hydrogens is 381 g/mol. The lowest BCUT2D eigenvalue weighted by Crippen LogP contribution is -2.03. The van der Waals surface area contributed by atoms with Crippen LogP contribution in [-0.4, -0.2) is 15.1 Å². The molecule has 3 aromatic carbocycles. The van der Waals surface area contributed by atoms with E-state index >= 15 is 0 Å². The summed E-state index contributed by atoms with van der Waals surface area (Å²) in [6.45, 7) is 1.91. The number of ether oxygens (including phenoxy) is 1. The number of phenols is 1. The first-order valence-electron chi connectivity index (χ1n) is 9.42. The zero-order chi connectivity index (χ0) is 21.1. The van der Waals surface area contributed by atoms with E-state index in [0.717, 1.165) is 11.1 Å². The van der Waals surface area contributed by atoms with Crippen molar-refractivity contribution in [1.29, 1.82) is 0 Å². The maximum absolute atomic E-state index is 13.8. The fourth-order valence-electron chi connectivity index (χ4n) is 3.32. The first kappa shape index (κ1) is 19.4. The molecule has 0 unspecified atom stereocenters. The number of aromatic nitrogens is 2. The second kappa shape index (κ2) is 8.21. The van der Waals surface area contributed by atoms with Crippen LogP contribution in [0, 0.1) is 12.7 Å². The predicted octanol–water partition coefficient (Wildman–Crippen LogP) is 5.12. The maximum Gasteiger partial charge on any atom is 0.220 e. The van der Waals surface area contributed by atoms with Crippen molar-refractivity contribution in [2.45, 2.75) is 13.5 Å². The lowest BCUT2D eigenvalue weighted by molar-refractivity contribution is 0.298. The lowest BCUT2D eigenvalue weighted by Gasteiger charge is -2.15. The van der Waals surface area contributed by atoms with Gasteiger partial charge in [-0.25, -0.2) is 14.4 Å². The Bertz CT molecular complexity index is 1200. The van der Waals surface area contributed by atoms with Gasteiger partial charge in [0.25, 0.3) is 0 Å². The molecule has 1 heterocycles. The topological polar surface area (TPSA) is 81.3 Å². The predicted molar refractivity (Wildman–Crippen MR) is 114 cm³/mol. The summed E-state index contributed by atoms with van der Waals surface area (Å²) in [6.07, 6.45) is 0. The third kappa shape index (κ3) is 3.93. The van der Waals surface area contributed by atoms with Crippen molar-refractivity contribution >= 4 is 5.95 Å². The van der Waals surface area contributed by atoms with Crippen LogP contribution >= 0.6 is 0 Å². The summed E-state index contributed by atoms with van der Waals surface area (Å²) >= 11 is 0. The van der Waals surface area contributed by atoms with Crippen LogP contribution in [0.5, 0.6) is 11.5 Å². The largest absolute Gasteiger partial charge is 0.507 e. The molecule has 5 nitrogen and oxygen atoms in total. The van der Waals surface area contributed by atoms with E-state index in [4.69, 9.17) is 10.5 Å². The number of hydrogen-bond donors (Lipinski definition) is 2. The number of aryl methyl sites for hydroxylation is 1. The van der Waals surface area contributed by atoms with Gasteiger partial charge >= 0.3 is 0 Å². The highest BCUT2D eigenvalue weighted by atomic mass is 19.1. The second-order valence-electron chi connectivity index (χ2n) is 6.82. The fraction of sp³-hybridized carbons (Fsp3) is 0.0833. The zero-order valence-electron chi connectivity index (χ0n) is 16.3. The number of rotatable bonds is 5. The summed E-state index contributed by atoms with van der Waals surface area (Å²) < 4.78 is 19.4. The van der Waals surface area contributed by atoms with Gasteiger partial charge in [0.1, 0.15) is 23.9 Å². The van der Waals surface area contributed by atoms with Crippen molar-refractivity contribution in [3.05, 3.63) is 89.9 Å². The van der Waals surface area contributed by atoms with Crippen molar-refractivity contribution in [2.75, 3.05) is 5.73 Å². The number of halogens is 1. The molecule has 0 spiro atoms. The molecular formula is C24H20FN3O2. The van der Waals surface area contributed by atoms with Crippen LogP contribution in [0.4, 0.5) is 10.3 Å². The van der Waals surface area contributed by atoms with E-state index in [9.17, 15) is 9.50 Å². The molecule has 0 aliphatic carbocycles. The average molecular weight is 401 g/mol. The Kier molecular flexibility index (Phi) is 5.30. The van der Waals surface area contributed by atoms with Crippen LogP contribution in [0.1, 0.15) is 11.3 Å². The van der Waals surface area contributed by atoms with Crippen molar-refractivity contribution in [1.82, 2.24) is 9.97 Å². The second-order valence-corrected chi connectivity index (χ2v) is 6.82. The first-order chi connectivity index (χ1) is 14.5. The van der Waals surface area contributed by atoms with Crippen LogP contribution < -0.4 is 10.5 Å². The molecule has 0 bridgehead atoms.